The summed E-state index contributed by atoms with van der Waals surface area (Å²) >= 11 is 0. The molecule has 2 aromatic rings. The maximum Gasteiger partial charge on any atom is 0.185 e. The van der Waals surface area contributed by atoms with Crippen molar-refractivity contribution in [3.8, 4) is 0 Å². The topological polar surface area (TPSA) is 44.5 Å². The van der Waals surface area contributed by atoms with Crippen LogP contribution in [0, 0.1) is 0 Å². The first kappa shape index (κ1) is 30.6. The van der Waals surface area contributed by atoms with E-state index in [1.165, 1.54) is 0 Å². The highest BCUT2D eigenvalue weighted by molar-refractivity contribution is 7.87. The van der Waals surface area contributed by atoms with Gasteiger partial charge in [-0.25, -0.2) is 0 Å². The third kappa shape index (κ3) is 6.28. The quantitative estimate of drug-likeness (QED) is 0.292. The molecule has 0 heterocycles. The van der Waals surface area contributed by atoms with Crippen LogP contribution in [-0.2, 0) is 14.5 Å². The van der Waals surface area contributed by atoms with Gasteiger partial charge in [-0.3, -0.25) is 0 Å². The van der Waals surface area contributed by atoms with E-state index in [-0.39, 0.29) is 6.04 Å². The standard InChI is InChI=1S/C27H51NO2Si5/c1-31(2,3)30-27(24-19-15-13-16-20-24,25-21-17-14-18-22-25)26(28)23-29-35(32(4,5)6,33(7,8)9)34(10,11)12/h13-22,26H,23,28H2,1-12H3/t26-/m0/s1. The van der Waals surface area contributed by atoms with Crippen molar-refractivity contribution in [1.29, 1.82) is 0 Å². The van der Waals surface area contributed by atoms with Crippen molar-refractivity contribution in [3.05, 3.63) is 71.8 Å². The molecule has 1 atom stereocenters. The number of rotatable bonds is 11. The van der Waals surface area contributed by atoms with Crippen molar-refractivity contribution in [2.75, 3.05) is 6.61 Å². The predicted molar refractivity (Wildman–Crippen MR) is 168 cm³/mol. The van der Waals surface area contributed by atoms with Crippen LogP contribution in [0.4, 0.5) is 0 Å². The summed E-state index contributed by atoms with van der Waals surface area (Å²) in [7, 11) is -6.76. The molecule has 0 aliphatic rings. The van der Waals surface area contributed by atoms with E-state index in [2.05, 4.69) is 139 Å². The summed E-state index contributed by atoms with van der Waals surface area (Å²) < 4.78 is 14.6. The van der Waals surface area contributed by atoms with Crippen molar-refractivity contribution in [1.82, 2.24) is 0 Å². The molecule has 8 heteroatoms. The summed E-state index contributed by atoms with van der Waals surface area (Å²) in [6, 6.07) is 20.9. The van der Waals surface area contributed by atoms with Gasteiger partial charge in [-0.1, -0.05) is 120 Å². The summed E-state index contributed by atoms with van der Waals surface area (Å²) in [6.45, 7) is 28.3. The van der Waals surface area contributed by atoms with Crippen molar-refractivity contribution < 1.29 is 8.85 Å². The average Bonchev–Trinajstić information content (AvgIpc) is 2.69. The first-order chi connectivity index (χ1) is 15.8. The van der Waals surface area contributed by atoms with Gasteiger partial charge in [0.05, 0.1) is 35.4 Å². The van der Waals surface area contributed by atoms with Crippen LogP contribution >= 0.6 is 0 Å². The van der Waals surface area contributed by atoms with E-state index in [4.69, 9.17) is 14.6 Å². The molecular formula is C27H51NO2Si5. The largest absolute Gasteiger partial charge is 0.424 e. The Balaban J connectivity index is 2.72. The van der Waals surface area contributed by atoms with Crippen LogP contribution in [-0.4, -0.2) is 50.6 Å². The lowest BCUT2D eigenvalue weighted by Gasteiger charge is -2.57. The van der Waals surface area contributed by atoms with Gasteiger partial charge in [0, 0.05) is 0 Å². The molecule has 0 aromatic heterocycles. The van der Waals surface area contributed by atoms with E-state index in [0.29, 0.717) is 6.61 Å². The van der Waals surface area contributed by atoms with Gasteiger partial charge in [0.25, 0.3) is 0 Å². The predicted octanol–water partition coefficient (Wildman–Crippen LogP) is 7.32. The van der Waals surface area contributed by atoms with Crippen LogP contribution in [0.5, 0.6) is 0 Å². The Morgan fingerprint density at radius 1 is 0.629 bits per heavy atom. The highest BCUT2D eigenvalue weighted by Crippen LogP contribution is 2.42. The molecule has 3 nitrogen and oxygen atoms in total. The van der Waals surface area contributed by atoms with Gasteiger partial charge in [-0.2, -0.15) is 0 Å². The number of hydrogen-bond acceptors (Lipinski definition) is 3. The Labute approximate surface area is 220 Å². The molecule has 0 bridgehead atoms. The molecular weight excluding hydrogens is 511 g/mol. The Morgan fingerprint density at radius 2 is 0.971 bits per heavy atom. The Morgan fingerprint density at radius 3 is 1.26 bits per heavy atom. The lowest BCUT2D eigenvalue weighted by Crippen LogP contribution is -2.84. The fourth-order valence-electron chi connectivity index (χ4n) is 7.00. The van der Waals surface area contributed by atoms with Crippen molar-refractivity contribution in [2.45, 2.75) is 90.2 Å². The minimum Gasteiger partial charge on any atom is -0.424 e. The number of hydrogen-bond donors (Lipinski definition) is 1. The summed E-state index contributed by atoms with van der Waals surface area (Å²) in [6.07, 6.45) is 0. The van der Waals surface area contributed by atoms with E-state index in [1.807, 2.05) is 0 Å². The maximum absolute atomic E-state index is 7.48. The minimum atomic E-state index is -2.01. The van der Waals surface area contributed by atoms with Gasteiger partial charge in [0.15, 0.2) is 15.2 Å². The molecule has 0 aliphatic heterocycles. The van der Waals surface area contributed by atoms with Gasteiger partial charge in [-0.05, 0) is 30.8 Å². The second-order valence-corrected chi connectivity index (χ2v) is 57.9. The van der Waals surface area contributed by atoms with E-state index in [0.717, 1.165) is 11.1 Å². The van der Waals surface area contributed by atoms with Crippen LogP contribution in [0.25, 0.3) is 0 Å². The lowest BCUT2D eigenvalue weighted by molar-refractivity contribution is 0.0515. The van der Waals surface area contributed by atoms with Gasteiger partial charge in [0.2, 0.25) is 0 Å². The van der Waals surface area contributed by atoms with Crippen molar-refractivity contribution >= 4 is 38.0 Å². The van der Waals surface area contributed by atoms with Gasteiger partial charge >= 0.3 is 0 Å². The molecule has 0 unspecified atom stereocenters. The van der Waals surface area contributed by atoms with Gasteiger partial charge in [-0.15, -0.1) is 0 Å². The van der Waals surface area contributed by atoms with Crippen molar-refractivity contribution in [2.24, 2.45) is 5.73 Å². The van der Waals surface area contributed by atoms with E-state index >= 15 is 0 Å². The third-order valence-corrected chi connectivity index (χ3v) is 75.7. The van der Waals surface area contributed by atoms with Gasteiger partial charge in [0.1, 0.15) is 5.60 Å². The third-order valence-electron chi connectivity index (χ3n) is 7.04. The molecule has 35 heavy (non-hydrogen) atoms. The van der Waals surface area contributed by atoms with E-state index in [9.17, 15) is 0 Å². The Hall–Kier alpha value is -0.596. The van der Waals surface area contributed by atoms with Crippen LogP contribution in [0.15, 0.2) is 60.7 Å². The maximum atomic E-state index is 7.48. The zero-order chi connectivity index (χ0) is 26.9. The zero-order valence-electron chi connectivity index (χ0n) is 24.5. The molecule has 0 aliphatic carbocycles. The fourth-order valence-corrected chi connectivity index (χ4v) is 102. The smallest absolute Gasteiger partial charge is 0.185 e. The second kappa shape index (κ2) is 10.6. The molecule has 0 fully saturated rings. The molecule has 2 N–H and O–H groups in total. The minimum absolute atomic E-state index is 0.310. The average molecular weight is 562 g/mol. The number of nitrogens with two attached hydrogens (primary N) is 1. The molecule has 0 radical (unpaired) electrons. The molecule has 0 saturated heterocycles. The van der Waals surface area contributed by atoms with Crippen LogP contribution in [0.2, 0.25) is 78.6 Å². The molecule has 2 aromatic carbocycles. The zero-order valence-corrected chi connectivity index (χ0v) is 29.5. The first-order valence-electron chi connectivity index (χ1n) is 13.0. The fraction of sp³-hybridized carbons (Fsp3) is 0.556. The lowest BCUT2D eigenvalue weighted by atomic mass is 9.81. The molecule has 0 spiro atoms. The van der Waals surface area contributed by atoms with Crippen LogP contribution in [0.3, 0.4) is 0 Å². The van der Waals surface area contributed by atoms with Crippen LogP contribution < -0.4 is 5.73 Å². The van der Waals surface area contributed by atoms with Gasteiger partial charge < -0.3 is 14.6 Å². The molecule has 196 valence electrons. The monoisotopic (exact) mass is 561 g/mol. The first-order valence-corrected chi connectivity index (χ1v) is 31.8. The molecule has 0 amide bonds. The van der Waals surface area contributed by atoms with Crippen molar-refractivity contribution in [3.63, 3.8) is 0 Å². The SMILES string of the molecule is C[Si](C)(C)OC(c1ccccc1)(c1ccccc1)[C@@H](N)CO[Si]([Si](C)(C)C)([Si](C)(C)C)[Si](C)(C)C. The Bertz CT molecular complexity index is 866. The van der Waals surface area contributed by atoms with E-state index in [1.54, 1.807) is 0 Å². The van der Waals surface area contributed by atoms with E-state index < -0.39 is 43.6 Å². The second-order valence-electron chi connectivity index (χ2n) is 14.0. The summed E-state index contributed by atoms with van der Waals surface area (Å²) in [5, 5.41) is 0. The van der Waals surface area contributed by atoms with Crippen LogP contribution in [0.1, 0.15) is 11.1 Å². The number of benzene rings is 2. The summed E-state index contributed by atoms with van der Waals surface area (Å²) in [5.41, 5.74) is 8.79. The molecule has 0 saturated carbocycles. The highest BCUT2D eigenvalue weighted by Gasteiger charge is 2.64. The summed E-state index contributed by atoms with van der Waals surface area (Å²) in [4.78, 5) is 0. The Kier molecular flexibility index (Phi) is 9.31. The molecule has 2 rings (SSSR count). The summed E-state index contributed by atoms with van der Waals surface area (Å²) in [5.74, 6) is 0. The normalized spacial score (nSPS) is 15.2. The highest BCUT2D eigenvalue weighted by atomic mass is 29.9.